The molecule has 2 rings (SSSR count). The topological polar surface area (TPSA) is 52.6 Å². The van der Waals surface area contributed by atoms with E-state index >= 15 is 0 Å². The number of sulfone groups is 1. The molecule has 0 amide bonds. The highest BCUT2D eigenvalue weighted by Gasteiger charge is 2.45. The predicted octanol–water partition coefficient (Wildman–Crippen LogP) is -0.0651. The van der Waals surface area contributed by atoms with Crippen molar-refractivity contribution in [2.24, 2.45) is 0 Å². The SMILES string of the molecule is CCC1OC2CS(=O)(=O)CC2O1. The van der Waals surface area contributed by atoms with Gasteiger partial charge in [0.1, 0.15) is 12.2 Å². The molecular formula is C7H12O4S. The summed E-state index contributed by atoms with van der Waals surface area (Å²) < 4.78 is 32.9. The predicted molar refractivity (Wildman–Crippen MR) is 42.5 cm³/mol. The molecule has 12 heavy (non-hydrogen) atoms. The molecule has 0 spiro atoms. The molecule has 0 aliphatic carbocycles. The van der Waals surface area contributed by atoms with Crippen LogP contribution in [0.25, 0.3) is 0 Å². The van der Waals surface area contributed by atoms with Gasteiger partial charge in [-0.1, -0.05) is 6.92 Å². The molecule has 2 unspecified atom stereocenters. The fourth-order valence-corrected chi connectivity index (χ4v) is 3.38. The molecule has 0 aromatic carbocycles. The Morgan fingerprint density at radius 3 is 2.17 bits per heavy atom. The van der Waals surface area contributed by atoms with Crippen LogP contribution >= 0.6 is 0 Å². The van der Waals surface area contributed by atoms with Crippen LogP contribution in [-0.2, 0) is 19.3 Å². The summed E-state index contributed by atoms with van der Waals surface area (Å²) in [4.78, 5) is 0. The summed E-state index contributed by atoms with van der Waals surface area (Å²) in [5.41, 5.74) is 0. The molecule has 0 saturated carbocycles. The minimum absolute atomic E-state index is 0.133. The molecule has 0 aromatic heterocycles. The zero-order valence-electron chi connectivity index (χ0n) is 6.89. The van der Waals surface area contributed by atoms with E-state index in [1.54, 1.807) is 0 Å². The molecule has 0 aromatic rings. The Morgan fingerprint density at radius 2 is 1.75 bits per heavy atom. The summed E-state index contributed by atoms with van der Waals surface area (Å²) in [5, 5.41) is 0. The molecule has 4 nitrogen and oxygen atoms in total. The van der Waals surface area contributed by atoms with Gasteiger partial charge in [0.25, 0.3) is 0 Å². The number of ether oxygens (including phenoxy) is 2. The third-order valence-electron chi connectivity index (χ3n) is 2.24. The van der Waals surface area contributed by atoms with Crippen molar-refractivity contribution in [1.29, 1.82) is 0 Å². The molecule has 70 valence electrons. The van der Waals surface area contributed by atoms with Crippen molar-refractivity contribution in [1.82, 2.24) is 0 Å². The van der Waals surface area contributed by atoms with Crippen LogP contribution in [0, 0.1) is 0 Å². The van der Waals surface area contributed by atoms with Gasteiger partial charge in [-0.25, -0.2) is 8.42 Å². The zero-order chi connectivity index (χ0) is 8.77. The molecule has 0 bridgehead atoms. The van der Waals surface area contributed by atoms with Crippen molar-refractivity contribution in [3.63, 3.8) is 0 Å². The van der Waals surface area contributed by atoms with Crippen molar-refractivity contribution < 1.29 is 17.9 Å². The van der Waals surface area contributed by atoms with Gasteiger partial charge in [0, 0.05) is 0 Å². The van der Waals surface area contributed by atoms with Gasteiger partial charge in [0.2, 0.25) is 0 Å². The van der Waals surface area contributed by atoms with Gasteiger partial charge in [-0.2, -0.15) is 0 Å². The van der Waals surface area contributed by atoms with Gasteiger partial charge in [0.05, 0.1) is 11.5 Å². The number of hydrogen-bond donors (Lipinski definition) is 0. The minimum Gasteiger partial charge on any atom is -0.346 e. The van der Waals surface area contributed by atoms with Crippen LogP contribution in [0.4, 0.5) is 0 Å². The second kappa shape index (κ2) is 2.68. The van der Waals surface area contributed by atoms with Gasteiger partial charge in [-0.15, -0.1) is 0 Å². The van der Waals surface area contributed by atoms with E-state index < -0.39 is 9.84 Å². The maximum Gasteiger partial charge on any atom is 0.158 e. The number of rotatable bonds is 1. The highest BCUT2D eigenvalue weighted by atomic mass is 32.2. The summed E-state index contributed by atoms with van der Waals surface area (Å²) in [6.07, 6.45) is 0.183. The fourth-order valence-electron chi connectivity index (χ4n) is 1.65. The Bertz CT molecular complexity index is 251. The van der Waals surface area contributed by atoms with E-state index in [9.17, 15) is 8.42 Å². The Balaban J connectivity index is 2.07. The number of fused-ring (bicyclic) bond motifs is 1. The van der Waals surface area contributed by atoms with Crippen LogP contribution in [0.3, 0.4) is 0 Å². The van der Waals surface area contributed by atoms with Crippen molar-refractivity contribution >= 4 is 9.84 Å². The number of hydrogen-bond acceptors (Lipinski definition) is 4. The van der Waals surface area contributed by atoms with E-state index in [1.165, 1.54) is 0 Å². The van der Waals surface area contributed by atoms with Crippen molar-refractivity contribution in [2.75, 3.05) is 11.5 Å². The van der Waals surface area contributed by atoms with Gasteiger partial charge in [0.15, 0.2) is 16.1 Å². The maximum atomic E-state index is 11.1. The molecule has 2 atom stereocenters. The van der Waals surface area contributed by atoms with Crippen LogP contribution in [0.5, 0.6) is 0 Å². The summed E-state index contributed by atoms with van der Waals surface area (Å²) in [6.45, 7) is 1.96. The van der Waals surface area contributed by atoms with E-state index in [2.05, 4.69) is 0 Å². The van der Waals surface area contributed by atoms with Gasteiger partial charge >= 0.3 is 0 Å². The van der Waals surface area contributed by atoms with Crippen LogP contribution in [0.15, 0.2) is 0 Å². The zero-order valence-corrected chi connectivity index (χ0v) is 7.71. The lowest BCUT2D eigenvalue weighted by Crippen LogP contribution is -2.18. The van der Waals surface area contributed by atoms with Crippen LogP contribution in [0.1, 0.15) is 13.3 Å². The molecule has 0 N–H and O–H groups in total. The molecule has 5 heteroatoms. The van der Waals surface area contributed by atoms with Crippen LogP contribution in [-0.4, -0.2) is 38.4 Å². The lowest BCUT2D eigenvalue weighted by Gasteiger charge is -2.07. The average Bonchev–Trinajstić information content (AvgIpc) is 2.40. The van der Waals surface area contributed by atoms with E-state index in [0.29, 0.717) is 0 Å². The fraction of sp³-hybridized carbons (Fsp3) is 1.00. The molecule has 2 aliphatic heterocycles. The van der Waals surface area contributed by atoms with Crippen LogP contribution in [0.2, 0.25) is 0 Å². The monoisotopic (exact) mass is 192 g/mol. The molecular weight excluding hydrogens is 180 g/mol. The van der Waals surface area contributed by atoms with E-state index in [4.69, 9.17) is 9.47 Å². The standard InChI is InChI=1S/C7H12O4S/c1-2-7-10-5-3-12(8,9)4-6(5)11-7/h5-7H,2-4H2,1H3. The Kier molecular flexibility index (Phi) is 1.89. The summed E-state index contributed by atoms with van der Waals surface area (Å²) >= 11 is 0. The normalized spacial score (nSPS) is 44.6. The second-order valence-electron chi connectivity index (χ2n) is 3.26. The van der Waals surface area contributed by atoms with Crippen molar-refractivity contribution in [2.45, 2.75) is 31.8 Å². The molecule has 2 fully saturated rings. The third-order valence-corrected chi connectivity index (χ3v) is 3.91. The van der Waals surface area contributed by atoms with E-state index in [0.717, 1.165) is 6.42 Å². The summed E-state index contributed by atoms with van der Waals surface area (Å²) in [7, 11) is -2.89. The first-order chi connectivity index (χ1) is 5.61. The maximum absolute atomic E-state index is 11.1. The first-order valence-electron chi connectivity index (χ1n) is 4.12. The Hall–Kier alpha value is -0.130. The summed E-state index contributed by atoms with van der Waals surface area (Å²) in [5.74, 6) is 0.266. The summed E-state index contributed by atoms with van der Waals surface area (Å²) in [6, 6.07) is 0. The smallest absolute Gasteiger partial charge is 0.158 e. The average molecular weight is 192 g/mol. The highest BCUT2D eigenvalue weighted by molar-refractivity contribution is 7.91. The minimum atomic E-state index is -2.89. The molecule has 0 radical (unpaired) electrons. The molecule has 2 heterocycles. The third kappa shape index (κ3) is 1.36. The highest BCUT2D eigenvalue weighted by Crippen LogP contribution is 2.28. The van der Waals surface area contributed by atoms with Crippen molar-refractivity contribution in [3.8, 4) is 0 Å². The van der Waals surface area contributed by atoms with Gasteiger partial charge in [-0.05, 0) is 6.42 Å². The first-order valence-corrected chi connectivity index (χ1v) is 5.94. The van der Waals surface area contributed by atoms with Gasteiger partial charge in [-0.3, -0.25) is 0 Å². The van der Waals surface area contributed by atoms with E-state index in [-0.39, 0.29) is 30.0 Å². The van der Waals surface area contributed by atoms with Crippen LogP contribution < -0.4 is 0 Å². The molecule has 2 saturated heterocycles. The van der Waals surface area contributed by atoms with Gasteiger partial charge < -0.3 is 9.47 Å². The lowest BCUT2D eigenvalue weighted by molar-refractivity contribution is -0.0641. The molecule has 2 aliphatic rings. The Morgan fingerprint density at radius 1 is 1.25 bits per heavy atom. The Labute approximate surface area is 71.8 Å². The van der Waals surface area contributed by atoms with Crippen molar-refractivity contribution in [3.05, 3.63) is 0 Å². The largest absolute Gasteiger partial charge is 0.346 e. The first kappa shape index (κ1) is 8.47. The van der Waals surface area contributed by atoms with E-state index in [1.807, 2.05) is 6.92 Å². The quantitative estimate of drug-likeness (QED) is 0.584. The lowest BCUT2D eigenvalue weighted by atomic mass is 10.3. The second-order valence-corrected chi connectivity index (χ2v) is 5.42.